The third-order valence-corrected chi connectivity index (χ3v) is 7.04. The first-order valence-electron chi connectivity index (χ1n) is 8.47. The van der Waals surface area contributed by atoms with Crippen molar-refractivity contribution >= 4 is 33.0 Å². The largest absolute Gasteiger partial charge is 0.497 e. The Morgan fingerprint density at radius 1 is 1.36 bits per heavy atom. The van der Waals surface area contributed by atoms with Gasteiger partial charge < -0.3 is 4.74 Å². The fourth-order valence-electron chi connectivity index (χ4n) is 3.04. The summed E-state index contributed by atoms with van der Waals surface area (Å²) in [5.41, 5.74) is 2.59. The van der Waals surface area contributed by atoms with Gasteiger partial charge in [0.15, 0.2) is 4.90 Å². The Labute approximate surface area is 165 Å². The molecule has 0 aliphatic heterocycles. The standard InChI is InChI=1S/C17H19N3O6S2/c1-10-3-5-14-11(7-10)8-15(27-14)17(21)18-19-28(24,25)16-6-4-12(26-2)9-13(16)20(22)23/h4,6,8-10,19H,3,5,7H2,1-2H3,(H,18,21). The second-order valence-corrected chi connectivity index (χ2v) is 9.34. The van der Waals surface area contributed by atoms with Crippen LogP contribution in [0.2, 0.25) is 0 Å². The maximum Gasteiger partial charge on any atom is 0.293 e. The predicted molar refractivity (Wildman–Crippen MR) is 103 cm³/mol. The highest BCUT2D eigenvalue weighted by Crippen LogP contribution is 2.32. The van der Waals surface area contributed by atoms with Crippen molar-refractivity contribution in [1.29, 1.82) is 0 Å². The fraction of sp³-hybridized carbons (Fsp3) is 0.353. The lowest BCUT2D eigenvalue weighted by molar-refractivity contribution is -0.387. The van der Waals surface area contributed by atoms with Crippen LogP contribution in [-0.4, -0.2) is 26.4 Å². The van der Waals surface area contributed by atoms with Gasteiger partial charge in [-0.15, -0.1) is 16.2 Å². The van der Waals surface area contributed by atoms with E-state index in [0.717, 1.165) is 41.8 Å². The number of hydrazine groups is 1. The normalized spacial score (nSPS) is 16.3. The molecule has 1 atom stereocenters. The van der Waals surface area contributed by atoms with E-state index in [4.69, 9.17) is 4.74 Å². The first kappa shape index (κ1) is 20.2. The number of nitro benzene ring substituents is 1. The molecule has 2 N–H and O–H groups in total. The van der Waals surface area contributed by atoms with E-state index in [1.165, 1.54) is 24.5 Å². The molecule has 3 rings (SSSR count). The molecule has 1 heterocycles. The van der Waals surface area contributed by atoms with Crippen LogP contribution >= 0.6 is 11.3 Å². The SMILES string of the molecule is COc1ccc(S(=O)(=O)NNC(=O)c2cc3c(s2)CCC(C)C3)c([N+](=O)[O-])c1. The van der Waals surface area contributed by atoms with Crippen LogP contribution in [-0.2, 0) is 22.9 Å². The molecule has 1 aromatic heterocycles. The zero-order chi connectivity index (χ0) is 20.5. The quantitative estimate of drug-likeness (QED) is 0.540. The number of thiophene rings is 1. The van der Waals surface area contributed by atoms with Crippen LogP contribution in [0.3, 0.4) is 0 Å². The lowest BCUT2D eigenvalue weighted by atomic mass is 9.90. The van der Waals surface area contributed by atoms with Gasteiger partial charge in [-0.2, -0.15) is 0 Å². The maximum absolute atomic E-state index is 12.5. The van der Waals surface area contributed by atoms with E-state index in [1.54, 1.807) is 6.07 Å². The Kier molecular flexibility index (Phi) is 5.68. The lowest BCUT2D eigenvalue weighted by Gasteiger charge is -2.16. The van der Waals surface area contributed by atoms with Crippen LogP contribution < -0.4 is 15.0 Å². The zero-order valence-corrected chi connectivity index (χ0v) is 16.9. The van der Waals surface area contributed by atoms with Crippen molar-refractivity contribution < 1.29 is 22.9 Å². The van der Waals surface area contributed by atoms with Crippen LogP contribution in [0.4, 0.5) is 5.69 Å². The number of rotatable bonds is 6. The van der Waals surface area contributed by atoms with Crippen LogP contribution in [0.5, 0.6) is 5.75 Å². The van der Waals surface area contributed by atoms with Gasteiger partial charge in [-0.05, 0) is 48.9 Å². The number of ether oxygens (including phenoxy) is 1. The van der Waals surface area contributed by atoms with Gasteiger partial charge in [0.2, 0.25) is 0 Å². The summed E-state index contributed by atoms with van der Waals surface area (Å²) in [4.78, 5) is 25.6. The summed E-state index contributed by atoms with van der Waals surface area (Å²) in [7, 11) is -3.04. The van der Waals surface area contributed by atoms with E-state index in [-0.39, 0.29) is 5.75 Å². The molecule has 11 heteroatoms. The van der Waals surface area contributed by atoms with E-state index in [0.29, 0.717) is 10.8 Å². The summed E-state index contributed by atoms with van der Waals surface area (Å²) < 4.78 is 29.8. The number of hydrogen-bond acceptors (Lipinski definition) is 7. The molecule has 1 aliphatic carbocycles. The highest BCUT2D eigenvalue weighted by Gasteiger charge is 2.28. The predicted octanol–water partition coefficient (Wildman–Crippen LogP) is 2.41. The summed E-state index contributed by atoms with van der Waals surface area (Å²) >= 11 is 1.33. The van der Waals surface area contributed by atoms with E-state index in [1.807, 2.05) is 4.83 Å². The monoisotopic (exact) mass is 425 g/mol. The van der Waals surface area contributed by atoms with Gasteiger partial charge in [-0.3, -0.25) is 20.3 Å². The molecule has 28 heavy (non-hydrogen) atoms. The van der Waals surface area contributed by atoms with E-state index < -0.39 is 31.4 Å². The number of fused-ring (bicyclic) bond motifs is 1. The van der Waals surface area contributed by atoms with Gasteiger partial charge in [0.1, 0.15) is 5.75 Å². The number of nitrogens with zero attached hydrogens (tertiary/aromatic N) is 1. The summed E-state index contributed by atoms with van der Waals surface area (Å²) in [6.07, 6.45) is 2.85. The molecule has 2 aromatic rings. The molecule has 1 unspecified atom stereocenters. The first-order valence-corrected chi connectivity index (χ1v) is 10.8. The Morgan fingerprint density at radius 2 is 2.11 bits per heavy atom. The second-order valence-electron chi connectivity index (χ2n) is 6.56. The Bertz CT molecular complexity index is 1030. The van der Waals surface area contributed by atoms with Gasteiger partial charge in [-0.1, -0.05) is 6.92 Å². The highest BCUT2D eigenvalue weighted by atomic mass is 32.2. The molecule has 0 saturated carbocycles. The van der Waals surface area contributed by atoms with Crippen molar-refractivity contribution in [3.05, 3.63) is 49.7 Å². The van der Waals surface area contributed by atoms with Crippen LogP contribution in [0.15, 0.2) is 29.2 Å². The number of carbonyl (C=O) groups is 1. The van der Waals surface area contributed by atoms with E-state index in [2.05, 4.69) is 12.3 Å². The molecule has 0 bridgehead atoms. The van der Waals surface area contributed by atoms with Gasteiger partial charge >= 0.3 is 0 Å². The Balaban J connectivity index is 1.77. The minimum Gasteiger partial charge on any atom is -0.497 e. The minimum atomic E-state index is -4.35. The highest BCUT2D eigenvalue weighted by molar-refractivity contribution is 7.89. The van der Waals surface area contributed by atoms with Crippen LogP contribution in [0.1, 0.15) is 33.5 Å². The number of nitrogens with one attached hydrogen (secondary N) is 2. The molecule has 1 amide bonds. The molecule has 9 nitrogen and oxygen atoms in total. The third kappa shape index (κ3) is 4.16. The van der Waals surface area contributed by atoms with Crippen molar-refractivity contribution in [3.8, 4) is 5.75 Å². The smallest absolute Gasteiger partial charge is 0.293 e. The number of nitro groups is 1. The zero-order valence-electron chi connectivity index (χ0n) is 15.2. The third-order valence-electron chi connectivity index (χ3n) is 4.50. The van der Waals surface area contributed by atoms with E-state index >= 15 is 0 Å². The Hall–Kier alpha value is -2.50. The number of sulfonamides is 1. The summed E-state index contributed by atoms with van der Waals surface area (Å²) in [6, 6.07) is 5.12. The summed E-state index contributed by atoms with van der Waals surface area (Å²) in [5, 5.41) is 11.2. The van der Waals surface area contributed by atoms with Crippen LogP contribution in [0, 0.1) is 16.0 Å². The average molecular weight is 425 g/mol. The van der Waals surface area contributed by atoms with Crippen LogP contribution in [0.25, 0.3) is 0 Å². The molecular weight excluding hydrogens is 406 g/mol. The minimum absolute atomic E-state index is 0.146. The van der Waals surface area contributed by atoms with Crippen molar-refractivity contribution in [2.45, 2.75) is 31.1 Å². The lowest BCUT2D eigenvalue weighted by Crippen LogP contribution is -2.41. The average Bonchev–Trinajstić information content (AvgIpc) is 3.08. The molecule has 0 fully saturated rings. The molecule has 0 saturated heterocycles. The number of methoxy groups -OCH3 is 1. The number of amides is 1. The maximum atomic E-state index is 12.5. The van der Waals surface area contributed by atoms with Crippen molar-refractivity contribution in [2.24, 2.45) is 5.92 Å². The van der Waals surface area contributed by atoms with Gasteiger partial charge in [-0.25, -0.2) is 8.42 Å². The van der Waals surface area contributed by atoms with Crippen molar-refractivity contribution in [3.63, 3.8) is 0 Å². The number of carbonyl (C=O) groups excluding carboxylic acids is 1. The van der Waals surface area contributed by atoms with Gasteiger partial charge in [0.25, 0.3) is 21.6 Å². The summed E-state index contributed by atoms with van der Waals surface area (Å²) in [5.74, 6) is 0.0898. The molecule has 0 radical (unpaired) electrons. The number of benzene rings is 1. The Morgan fingerprint density at radius 3 is 2.79 bits per heavy atom. The van der Waals surface area contributed by atoms with Gasteiger partial charge in [0.05, 0.1) is 23.0 Å². The molecule has 1 aromatic carbocycles. The topological polar surface area (TPSA) is 128 Å². The van der Waals surface area contributed by atoms with Crippen molar-refractivity contribution in [2.75, 3.05) is 7.11 Å². The van der Waals surface area contributed by atoms with Crippen molar-refractivity contribution in [1.82, 2.24) is 10.3 Å². The van der Waals surface area contributed by atoms with E-state index in [9.17, 15) is 23.3 Å². The number of hydrogen-bond donors (Lipinski definition) is 2. The molecule has 1 aliphatic rings. The van der Waals surface area contributed by atoms with Gasteiger partial charge in [0, 0.05) is 4.88 Å². The fourth-order valence-corrected chi connectivity index (χ4v) is 5.14. The molecular formula is C17H19N3O6S2. The summed E-state index contributed by atoms with van der Waals surface area (Å²) in [6.45, 7) is 2.15. The molecule has 150 valence electrons. The number of aryl methyl sites for hydroxylation is 1. The second kappa shape index (κ2) is 7.86. The first-order chi connectivity index (χ1) is 13.2. The molecule has 0 spiro atoms.